The minimum atomic E-state index is -8.92. The lowest BCUT2D eigenvalue weighted by molar-refractivity contribution is -0.451. The van der Waals surface area contributed by atoms with Gasteiger partial charge in [0, 0.05) is 0 Å². The molecule has 0 saturated carbocycles. The second-order valence-corrected chi connectivity index (χ2v) is 8.45. The number of rotatable bonds is 10. The molecule has 1 aromatic rings. The van der Waals surface area contributed by atoms with E-state index in [0.717, 1.165) is 0 Å². The minimum Gasteiger partial charge on any atom is -0.283 e. The summed E-state index contributed by atoms with van der Waals surface area (Å²) in [6.45, 7) is 0. The number of hydrogen-bond acceptors (Lipinski definition) is 4. The Labute approximate surface area is 213 Å². The maximum absolute atomic E-state index is 13.6. The third kappa shape index (κ3) is 5.20. The predicted octanol–water partition coefficient (Wildman–Crippen LogP) is 7.28. The van der Waals surface area contributed by atoms with Gasteiger partial charge in [-0.15, -0.1) is 0 Å². The molecule has 0 aromatic heterocycles. The van der Waals surface area contributed by atoms with Crippen molar-refractivity contribution < 1.29 is 115 Å². The van der Waals surface area contributed by atoms with Crippen LogP contribution in [0.3, 0.4) is 0 Å². The normalized spacial score (nSPS) is 15.5. The fourth-order valence-corrected chi connectivity index (χ4v) is 2.91. The van der Waals surface area contributed by atoms with Crippen LogP contribution in [0.1, 0.15) is 0 Å². The number of halogens is 21. The van der Waals surface area contributed by atoms with E-state index < -0.39 is 97.6 Å². The molecule has 0 amide bonds. The first-order valence-corrected chi connectivity index (χ1v) is 10.2. The van der Waals surface area contributed by atoms with Gasteiger partial charge in [0.1, 0.15) is 0 Å². The van der Waals surface area contributed by atoms with Crippen LogP contribution in [0.2, 0.25) is 0 Å². The van der Waals surface area contributed by atoms with E-state index in [1.165, 1.54) is 0 Å². The molecule has 1 aromatic carbocycles. The largest absolute Gasteiger partial charge is 0.460 e. The molecular weight excluding hydrogens is 691 g/mol. The summed E-state index contributed by atoms with van der Waals surface area (Å²) in [6, 6.07) is -4.43. The molecule has 0 spiro atoms. The lowest BCUT2D eigenvalue weighted by Crippen LogP contribution is -2.72. The summed E-state index contributed by atoms with van der Waals surface area (Å²) in [5.74, 6) is -72.7. The fourth-order valence-electron chi connectivity index (χ4n) is 2.24. The molecule has 0 unspecified atom stereocenters. The van der Waals surface area contributed by atoms with Crippen LogP contribution in [0, 0.1) is 23.3 Å². The van der Waals surface area contributed by atoms with E-state index >= 15 is 0 Å². The van der Waals surface area contributed by atoms with Crippen molar-refractivity contribution in [2.24, 2.45) is 0 Å². The summed E-state index contributed by atoms with van der Waals surface area (Å²) in [4.78, 5) is 2.41. The third-order valence-electron chi connectivity index (χ3n) is 4.42. The van der Waals surface area contributed by atoms with Crippen molar-refractivity contribution in [2.75, 3.05) is 0 Å². The Bertz CT molecular complexity index is 1360. The van der Waals surface area contributed by atoms with Crippen molar-refractivity contribution in [3.8, 4) is 5.75 Å². The Morgan fingerprint density at radius 1 is 0.571 bits per heavy atom. The van der Waals surface area contributed by atoms with Gasteiger partial charge in [0.05, 0.1) is 0 Å². The summed E-state index contributed by atoms with van der Waals surface area (Å²) in [7, 11) is -6.44. The summed E-state index contributed by atoms with van der Waals surface area (Å²) in [5, 5.41) is 0. The molecule has 5 nitrogen and oxygen atoms in total. The van der Waals surface area contributed by atoms with Gasteiger partial charge < -0.3 is 0 Å². The monoisotopic (exact) mass is 692 g/mol. The van der Waals surface area contributed by atoms with Crippen molar-refractivity contribution in [3.63, 3.8) is 0 Å². The topological polar surface area (TPSA) is 72.8 Å². The molecule has 0 aliphatic heterocycles. The Hall–Kier alpha value is -3.00. The maximum Gasteiger partial charge on any atom is 0.460 e. The molecular formula is C15HF21O5S. The number of benzene rings is 1. The van der Waals surface area contributed by atoms with Gasteiger partial charge >= 0.3 is 57.8 Å². The van der Waals surface area contributed by atoms with E-state index in [0.29, 0.717) is 0 Å². The van der Waals surface area contributed by atoms with Crippen LogP contribution in [0.25, 0.3) is 0 Å². The van der Waals surface area contributed by atoms with E-state index in [1.807, 2.05) is 0 Å². The van der Waals surface area contributed by atoms with Crippen molar-refractivity contribution in [3.05, 3.63) is 35.1 Å². The molecule has 27 heteroatoms. The summed E-state index contributed by atoms with van der Waals surface area (Å²) in [6.07, 6.45) is -7.97. The highest BCUT2D eigenvalue weighted by Crippen LogP contribution is 2.63. The zero-order valence-corrected chi connectivity index (χ0v) is 18.7. The van der Waals surface area contributed by atoms with Crippen LogP contribution in [-0.4, -0.2) is 54.7 Å². The smallest absolute Gasteiger partial charge is 0.283 e. The van der Waals surface area contributed by atoms with Crippen LogP contribution in [-0.2, 0) is 15.0 Å². The average molecular weight is 692 g/mol. The van der Waals surface area contributed by atoms with Crippen LogP contribution in [0.4, 0.5) is 92.2 Å². The van der Waals surface area contributed by atoms with Crippen molar-refractivity contribution >= 4 is 10.1 Å². The predicted molar refractivity (Wildman–Crippen MR) is 82.8 cm³/mol. The fraction of sp³-hybridized carbons (Fsp3) is 0.467. The first-order chi connectivity index (χ1) is 18.2. The first-order valence-electron chi connectivity index (χ1n) is 8.76. The molecule has 0 saturated heterocycles. The minimum absolute atomic E-state index is 2.51. The van der Waals surface area contributed by atoms with Gasteiger partial charge in [-0.2, -0.15) is 87.4 Å². The van der Waals surface area contributed by atoms with Crippen LogP contribution in [0.15, 0.2) is 16.7 Å². The molecule has 0 aliphatic rings. The lowest BCUT2D eigenvalue weighted by Gasteiger charge is -2.41. The van der Waals surface area contributed by atoms with Crippen molar-refractivity contribution in [1.82, 2.24) is 0 Å². The standard InChI is InChI=1S/C15HF21O5S/c16-1-2(17)4(19)6(42(37,38)39)5(3(1)18)40-41-8(21)7(20)9(22,23)10(24,25)11(26,27)12(28,29)13(30,31)14(32,33)15(34,35)36/h(H,37,38,39). The van der Waals surface area contributed by atoms with Crippen LogP contribution in [0.5, 0.6) is 5.75 Å². The third-order valence-corrected chi connectivity index (χ3v) is 5.30. The van der Waals surface area contributed by atoms with Crippen LogP contribution >= 0.6 is 0 Å². The molecule has 42 heavy (non-hydrogen) atoms. The highest BCUT2D eigenvalue weighted by molar-refractivity contribution is 7.86. The lowest BCUT2D eigenvalue weighted by atomic mass is 9.91. The van der Waals surface area contributed by atoms with Crippen molar-refractivity contribution in [2.45, 2.75) is 46.6 Å². The summed E-state index contributed by atoms with van der Waals surface area (Å²) >= 11 is 0. The van der Waals surface area contributed by atoms with Gasteiger partial charge in [-0.1, -0.05) is 0 Å². The number of hydrogen-bond donors (Lipinski definition) is 1. The van der Waals surface area contributed by atoms with Gasteiger partial charge in [-0.3, -0.25) is 14.3 Å². The van der Waals surface area contributed by atoms with E-state index in [9.17, 15) is 101 Å². The Morgan fingerprint density at radius 3 is 1.31 bits per heavy atom. The van der Waals surface area contributed by atoms with Gasteiger partial charge in [0.25, 0.3) is 5.83 Å². The Balaban J connectivity index is 3.71. The van der Waals surface area contributed by atoms with Crippen molar-refractivity contribution in [1.29, 1.82) is 0 Å². The highest BCUT2D eigenvalue weighted by atomic mass is 32.2. The molecule has 1 N–H and O–H groups in total. The molecule has 0 bridgehead atoms. The van der Waals surface area contributed by atoms with Gasteiger partial charge in [0.15, 0.2) is 16.5 Å². The molecule has 0 aliphatic carbocycles. The van der Waals surface area contributed by atoms with Gasteiger partial charge in [-0.05, 0) is 0 Å². The average Bonchev–Trinajstić information content (AvgIpc) is 2.80. The van der Waals surface area contributed by atoms with E-state index in [2.05, 4.69) is 9.78 Å². The SMILES string of the molecule is O=S(=O)(O)c1c(F)c(F)c(F)c(F)c1OOC(F)=C(F)C(F)(F)C(F)(F)C(F)(F)C(F)(F)C(F)(F)C(F)(F)C(F)(F)F. The summed E-state index contributed by atoms with van der Waals surface area (Å²) in [5.41, 5.74) is 0. The molecule has 244 valence electrons. The van der Waals surface area contributed by atoms with E-state index in [4.69, 9.17) is 4.55 Å². The van der Waals surface area contributed by atoms with E-state index in [1.54, 1.807) is 0 Å². The zero-order valence-electron chi connectivity index (χ0n) is 17.9. The number of alkyl halides is 15. The maximum atomic E-state index is 13.6. The van der Waals surface area contributed by atoms with E-state index in [-0.39, 0.29) is 0 Å². The second-order valence-electron chi connectivity index (χ2n) is 7.09. The molecule has 1 rings (SSSR count). The number of allylic oxidation sites excluding steroid dienone is 1. The van der Waals surface area contributed by atoms with Crippen LogP contribution < -0.4 is 4.89 Å². The molecule has 0 atom stereocenters. The molecule has 0 heterocycles. The quantitative estimate of drug-likeness (QED) is 0.0531. The summed E-state index contributed by atoms with van der Waals surface area (Å²) < 4.78 is 307. The highest BCUT2D eigenvalue weighted by Gasteiger charge is 2.94. The Morgan fingerprint density at radius 2 is 0.929 bits per heavy atom. The Kier molecular flexibility index (Phi) is 9.10. The molecule has 0 fully saturated rings. The zero-order chi connectivity index (χ0) is 34.0. The van der Waals surface area contributed by atoms with Gasteiger partial charge in [0.2, 0.25) is 17.4 Å². The second kappa shape index (κ2) is 10.3. The first kappa shape index (κ1) is 37.0. The molecule has 0 radical (unpaired) electrons. The van der Waals surface area contributed by atoms with Gasteiger partial charge in [-0.25, -0.2) is 13.2 Å².